The quantitative estimate of drug-likeness (QED) is 0.537. The number of aromatic nitrogens is 1. The number of sulfonamides is 1. The number of carbonyl (C=O) groups is 1. The molecule has 0 radical (unpaired) electrons. The van der Waals surface area contributed by atoms with Crippen molar-refractivity contribution >= 4 is 21.7 Å². The Kier molecular flexibility index (Phi) is 5.69. The Bertz CT molecular complexity index is 1220. The van der Waals surface area contributed by atoms with Gasteiger partial charge in [0.25, 0.3) is 10.0 Å². The number of fused-ring (bicyclic) bond motifs is 1. The van der Waals surface area contributed by atoms with Crippen molar-refractivity contribution in [2.24, 2.45) is 0 Å². The number of esters is 1. The van der Waals surface area contributed by atoms with Crippen molar-refractivity contribution in [2.75, 3.05) is 24.6 Å². The monoisotopic (exact) mass is 442 g/mol. The summed E-state index contributed by atoms with van der Waals surface area (Å²) in [6.07, 6.45) is 1.55. The molecule has 0 aliphatic carbocycles. The molecule has 0 bridgehead atoms. The number of methoxy groups -OCH3 is 1. The second kappa shape index (κ2) is 8.43. The van der Waals surface area contributed by atoms with Crippen LogP contribution in [-0.2, 0) is 21.2 Å². The average Bonchev–Trinajstić information content (AvgIpc) is 3.29. The number of hydrogen-bond acceptors (Lipinski definition) is 7. The van der Waals surface area contributed by atoms with Crippen molar-refractivity contribution < 1.29 is 27.2 Å². The van der Waals surface area contributed by atoms with Crippen molar-refractivity contribution in [1.82, 2.24) is 5.16 Å². The van der Waals surface area contributed by atoms with Crippen LogP contribution in [0.15, 0.2) is 57.9 Å². The van der Waals surface area contributed by atoms with Gasteiger partial charge in [0, 0.05) is 18.2 Å². The highest BCUT2D eigenvalue weighted by atomic mass is 32.2. The second-order valence-corrected chi connectivity index (χ2v) is 8.80. The Morgan fingerprint density at radius 1 is 1.19 bits per heavy atom. The van der Waals surface area contributed by atoms with Crippen LogP contribution in [-0.4, -0.2) is 39.8 Å². The van der Waals surface area contributed by atoms with E-state index in [1.54, 1.807) is 19.1 Å². The molecule has 9 heteroatoms. The Morgan fingerprint density at radius 2 is 2.00 bits per heavy atom. The highest BCUT2D eigenvalue weighted by Gasteiger charge is 2.32. The molecule has 0 unspecified atom stereocenters. The number of nitrogens with zero attached hydrogens (tertiary/aromatic N) is 2. The summed E-state index contributed by atoms with van der Waals surface area (Å²) in [5.74, 6) is -0.137. The van der Waals surface area contributed by atoms with Gasteiger partial charge < -0.3 is 14.0 Å². The molecular weight excluding hydrogens is 420 g/mol. The summed E-state index contributed by atoms with van der Waals surface area (Å²) >= 11 is 0. The van der Waals surface area contributed by atoms with Crippen LogP contribution >= 0.6 is 0 Å². The predicted molar refractivity (Wildman–Crippen MR) is 114 cm³/mol. The lowest BCUT2D eigenvalue weighted by molar-refractivity contribution is 0.0514. The number of para-hydroxylation sites is 1. The highest BCUT2D eigenvalue weighted by Crippen LogP contribution is 2.37. The Morgan fingerprint density at radius 3 is 2.77 bits per heavy atom. The average molecular weight is 442 g/mol. The molecule has 0 amide bonds. The van der Waals surface area contributed by atoms with Crippen LogP contribution in [0.1, 0.15) is 29.4 Å². The standard InChI is InChI=1S/C22H22N2O6S/c1-3-29-22(25)17-14-20(30-23-17)16-10-11-19(28-2)21(13-16)31(26,27)24-12-6-8-15-7-4-5-9-18(15)24/h4-5,7,9-11,13-14H,3,6,8,12H2,1-2H3. The third kappa shape index (κ3) is 3.88. The first-order valence-electron chi connectivity index (χ1n) is 9.88. The zero-order chi connectivity index (χ0) is 22.0. The first-order valence-corrected chi connectivity index (χ1v) is 11.3. The molecule has 1 aliphatic heterocycles. The SMILES string of the molecule is CCOC(=O)c1cc(-c2ccc(OC)c(S(=O)(=O)N3CCCc4ccccc43)c2)on1. The maximum absolute atomic E-state index is 13.6. The minimum absolute atomic E-state index is 0.0123. The van der Waals surface area contributed by atoms with E-state index in [0.717, 1.165) is 18.4 Å². The topological polar surface area (TPSA) is 98.9 Å². The minimum atomic E-state index is -3.91. The van der Waals surface area contributed by atoms with Gasteiger partial charge in [0.15, 0.2) is 11.5 Å². The lowest BCUT2D eigenvalue weighted by atomic mass is 10.0. The van der Waals surface area contributed by atoms with Gasteiger partial charge in [-0.2, -0.15) is 0 Å². The van der Waals surface area contributed by atoms with Gasteiger partial charge in [0.05, 0.1) is 19.4 Å². The van der Waals surface area contributed by atoms with Crippen LogP contribution < -0.4 is 9.04 Å². The second-order valence-electron chi connectivity index (χ2n) is 6.97. The van der Waals surface area contributed by atoms with Crippen LogP contribution in [0.4, 0.5) is 5.69 Å². The van der Waals surface area contributed by atoms with E-state index in [4.69, 9.17) is 14.0 Å². The van der Waals surface area contributed by atoms with Gasteiger partial charge in [-0.05, 0) is 49.6 Å². The van der Waals surface area contributed by atoms with Crippen LogP contribution in [0.3, 0.4) is 0 Å². The fraction of sp³-hybridized carbons (Fsp3) is 0.273. The fourth-order valence-corrected chi connectivity index (χ4v) is 5.34. The van der Waals surface area contributed by atoms with E-state index in [0.29, 0.717) is 17.8 Å². The van der Waals surface area contributed by atoms with Gasteiger partial charge in [-0.25, -0.2) is 13.2 Å². The normalized spacial score (nSPS) is 13.5. The third-order valence-corrected chi connectivity index (χ3v) is 6.91. The number of carbonyl (C=O) groups excluding carboxylic acids is 1. The van der Waals surface area contributed by atoms with E-state index in [1.165, 1.54) is 23.5 Å². The fourth-order valence-electron chi connectivity index (χ4n) is 3.61. The molecular formula is C22H22N2O6S. The molecule has 162 valence electrons. The summed E-state index contributed by atoms with van der Waals surface area (Å²) in [5.41, 5.74) is 2.13. The molecule has 0 atom stereocenters. The molecule has 1 aromatic heterocycles. The number of benzene rings is 2. The van der Waals surface area contributed by atoms with Crippen LogP contribution in [0, 0.1) is 0 Å². The predicted octanol–water partition coefficient (Wildman–Crippen LogP) is 3.67. The molecule has 8 nitrogen and oxygen atoms in total. The molecule has 2 heterocycles. The molecule has 4 rings (SSSR count). The van der Waals surface area contributed by atoms with E-state index in [9.17, 15) is 13.2 Å². The molecule has 0 saturated carbocycles. The number of ether oxygens (including phenoxy) is 2. The van der Waals surface area contributed by atoms with E-state index in [1.807, 2.05) is 24.3 Å². The maximum atomic E-state index is 13.6. The lowest BCUT2D eigenvalue weighted by Gasteiger charge is -2.31. The first-order chi connectivity index (χ1) is 15.0. The molecule has 0 saturated heterocycles. The smallest absolute Gasteiger partial charge is 0.360 e. The van der Waals surface area contributed by atoms with Crippen molar-refractivity contribution in [3.63, 3.8) is 0 Å². The minimum Gasteiger partial charge on any atom is -0.495 e. The van der Waals surface area contributed by atoms with Crippen molar-refractivity contribution in [3.05, 3.63) is 59.8 Å². The lowest BCUT2D eigenvalue weighted by Crippen LogP contribution is -2.35. The third-order valence-electron chi connectivity index (χ3n) is 5.08. The van der Waals surface area contributed by atoms with E-state index >= 15 is 0 Å². The molecule has 0 spiro atoms. The van der Waals surface area contributed by atoms with Gasteiger partial charge >= 0.3 is 5.97 Å². The summed E-state index contributed by atoms with van der Waals surface area (Å²) in [7, 11) is -2.49. The van der Waals surface area contributed by atoms with Gasteiger partial charge in [0.2, 0.25) is 0 Å². The number of aryl methyl sites for hydroxylation is 1. The Balaban J connectivity index is 1.76. The van der Waals surface area contributed by atoms with Gasteiger partial charge in [-0.3, -0.25) is 4.31 Å². The van der Waals surface area contributed by atoms with E-state index in [-0.39, 0.29) is 28.7 Å². The highest BCUT2D eigenvalue weighted by molar-refractivity contribution is 7.93. The molecule has 2 aromatic carbocycles. The van der Waals surface area contributed by atoms with Crippen LogP contribution in [0.5, 0.6) is 5.75 Å². The molecule has 3 aromatic rings. The van der Waals surface area contributed by atoms with Gasteiger partial charge in [-0.15, -0.1) is 0 Å². The summed E-state index contributed by atoms with van der Waals surface area (Å²) < 4.78 is 44.2. The maximum Gasteiger partial charge on any atom is 0.360 e. The number of anilines is 1. The summed E-state index contributed by atoms with van der Waals surface area (Å²) in [6.45, 7) is 2.28. The van der Waals surface area contributed by atoms with E-state index in [2.05, 4.69) is 5.16 Å². The summed E-state index contributed by atoms with van der Waals surface area (Å²) in [6, 6.07) is 13.6. The van der Waals surface area contributed by atoms with Gasteiger partial charge in [0.1, 0.15) is 10.6 Å². The van der Waals surface area contributed by atoms with Crippen molar-refractivity contribution in [1.29, 1.82) is 0 Å². The molecule has 31 heavy (non-hydrogen) atoms. The first kappa shape index (κ1) is 20.9. The molecule has 0 N–H and O–H groups in total. The number of hydrogen-bond donors (Lipinski definition) is 0. The van der Waals surface area contributed by atoms with E-state index < -0.39 is 16.0 Å². The van der Waals surface area contributed by atoms with Crippen LogP contribution in [0.2, 0.25) is 0 Å². The zero-order valence-corrected chi connectivity index (χ0v) is 18.0. The molecule has 1 aliphatic rings. The van der Waals surface area contributed by atoms with Crippen LogP contribution in [0.25, 0.3) is 11.3 Å². The van der Waals surface area contributed by atoms with Crippen molar-refractivity contribution in [3.8, 4) is 17.1 Å². The molecule has 0 fully saturated rings. The van der Waals surface area contributed by atoms with Gasteiger partial charge in [-0.1, -0.05) is 23.4 Å². The zero-order valence-electron chi connectivity index (χ0n) is 17.2. The summed E-state index contributed by atoms with van der Waals surface area (Å²) in [5, 5.41) is 3.72. The summed E-state index contributed by atoms with van der Waals surface area (Å²) in [4.78, 5) is 11.9. The van der Waals surface area contributed by atoms with Crippen molar-refractivity contribution in [2.45, 2.75) is 24.7 Å². The Hall–Kier alpha value is -3.33. The Labute approximate surface area is 180 Å². The number of rotatable bonds is 6. The largest absolute Gasteiger partial charge is 0.495 e.